The molecule has 1 fully saturated rings. The van der Waals surface area contributed by atoms with Crippen molar-refractivity contribution in [2.45, 2.75) is 31.1 Å². The monoisotopic (exact) mass is 286 g/mol. The lowest BCUT2D eigenvalue weighted by atomic mass is 10.1. The molecule has 2 atom stereocenters. The van der Waals surface area contributed by atoms with Crippen LogP contribution in [0, 0.1) is 11.7 Å². The first kappa shape index (κ1) is 14.4. The van der Waals surface area contributed by atoms with E-state index in [0.29, 0.717) is 12.1 Å². The summed E-state index contributed by atoms with van der Waals surface area (Å²) in [5.41, 5.74) is 6.22. The fraction of sp³-hybridized carbons (Fsp3) is 0.538. The van der Waals surface area contributed by atoms with E-state index < -0.39 is 10.0 Å². The van der Waals surface area contributed by atoms with Crippen molar-refractivity contribution in [3.8, 4) is 0 Å². The van der Waals surface area contributed by atoms with Crippen LogP contribution in [0.3, 0.4) is 0 Å². The molecule has 0 saturated heterocycles. The van der Waals surface area contributed by atoms with Gasteiger partial charge in [0.25, 0.3) is 0 Å². The normalized spacial score (nSPS) is 23.7. The van der Waals surface area contributed by atoms with Crippen molar-refractivity contribution in [1.82, 2.24) is 4.72 Å². The van der Waals surface area contributed by atoms with Gasteiger partial charge in [-0.2, -0.15) is 0 Å². The van der Waals surface area contributed by atoms with Gasteiger partial charge in [-0.05, 0) is 43.0 Å². The van der Waals surface area contributed by atoms with Crippen molar-refractivity contribution in [3.05, 3.63) is 35.6 Å². The van der Waals surface area contributed by atoms with Gasteiger partial charge in [-0.25, -0.2) is 17.5 Å². The Balaban J connectivity index is 2.00. The number of nitrogens with two attached hydrogens (primary N) is 1. The molecule has 19 heavy (non-hydrogen) atoms. The summed E-state index contributed by atoms with van der Waals surface area (Å²) in [5.74, 6) is -0.266. The van der Waals surface area contributed by atoms with E-state index >= 15 is 0 Å². The predicted molar refractivity (Wildman–Crippen MR) is 72.3 cm³/mol. The van der Waals surface area contributed by atoms with Crippen LogP contribution in [0.15, 0.2) is 24.3 Å². The lowest BCUT2D eigenvalue weighted by Crippen LogP contribution is -2.40. The van der Waals surface area contributed by atoms with E-state index in [0.717, 1.165) is 19.3 Å². The lowest BCUT2D eigenvalue weighted by Gasteiger charge is -2.19. The quantitative estimate of drug-likeness (QED) is 0.858. The van der Waals surface area contributed by atoms with Crippen LogP contribution in [0.1, 0.15) is 24.8 Å². The SMILES string of the molecule is NCC1CCCC1NS(=O)(=O)Cc1ccc(F)cc1. The number of benzene rings is 1. The molecule has 1 aromatic rings. The van der Waals surface area contributed by atoms with Crippen molar-refractivity contribution in [1.29, 1.82) is 0 Å². The summed E-state index contributed by atoms with van der Waals surface area (Å²) in [4.78, 5) is 0. The molecule has 4 nitrogen and oxygen atoms in total. The first-order valence-electron chi connectivity index (χ1n) is 6.45. The summed E-state index contributed by atoms with van der Waals surface area (Å²) in [7, 11) is -3.40. The van der Waals surface area contributed by atoms with E-state index in [4.69, 9.17) is 5.73 Å². The van der Waals surface area contributed by atoms with Crippen LogP contribution in [0.4, 0.5) is 4.39 Å². The Hall–Kier alpha value is -0.980. The number of hydrogen-bond acceptors (Lipinski definition) is 3. The van der Waals surface area contributed by atoms with Gasteiger partial charge in [-0.3, -0.25) is 0 Å². The van der Waals surface area contributed by atoms with Crippen LogP contribution in [0.5, 0.6) is 0 Å². The third-order valence-electron chi connectivity index (χ3n) is 3.56. The van der Waals surface area contributed by atoms with E-state index in [1.54, 1.807) is 0 Å². The molecular weight excluding hydrogens is 267 g/mol. The highest BCUT2D eigenvalue weighted by Crippen LogP contribution is 2.25. The molecule has 1 aromatic carbocycles. The second-order valence-corrected chi connectivity index (χ2v) is 6.79. The molecule has 1 saturated carbocycles. The van der Waals surface area contributed by atoms with Crippen LogP contribution in [0.25, 0.3) is 0 Å². The van der Waals surface area contributed by atoms with E-state index in [1.165, 1.54) is 24.3 Å². The third-order valence-corrected chi connectivity index (χ3v) is 4.94. The van der Waals surface area contributed by atoms with Crippen LogP contribution in [-0.4, -0.2) is 21.0 Å². The summed E-state index contributed by atoms with van der Waals surface area (Å²) in [6, 6.07) is 5.45. The molecule has 0 radical (unpaired) electrons. The Kier molecular flexibility index (Phi) is 4.54. The first-order valence-corrected chi connectivity index (χ1v) is 8.10. The molecule has 2 rings (SSSR count). The Morgan fingerprint density at radius 2 is 1.95 bits per heavy atom. The number of halogens is 1. The highest BCUT2D eigenvalue weighted by Gasteiger charge is 2.29. The Morgan fingerprint density at radius 1 is 1.26 bits per heavy atom. The molecule has 1 aliphatic rings. The summed E-state index contributed by atoms with van der Waals surface area (Å²) in [6.45, 7) is 0.504. The number of nitrogens with one attached hydrogen (secondary N) is 1. The minimum Gasteiger partial charge on any atom is -0.330 e. The molecule has 0 heterocycles. The molecule has 106 valence electrons. The smallest absolute Gasteiger partial charge is 0.216 e. The minimum atomic E-state index is -3.40. The molecule has 6 heteroatoms. The molecule has 3 N–H and O–H groups in total. The number of hydrogen-bond donors (Lipinski definition) is 2. The molecule has 0 spiro atoms. The fourth-order valence-electron chi connectivity index (χ4n) is 2.55. The van der Waals surface area contributed by atoms with Gasteiger partial charge in [0.05, 0.1) is 5.75 Å². The van der Waals surface area contributed by atoms with Gasteiger partial charge in [-0.1, -0.05) is 18.6 Å². The van der Waals surface area contributed by atoms with Crippen molar-refractivity contribution >= 4 is 10.0 Å². The molecule has 0 amide bonds. The maximum Gasteiger partial charge on any atom is 0.216 e. The van der Waals surface area contributed by atoms with E-state index in [9.17, 15) is 12.8 Å². The largest absolute Gasteiger partial charge is 0.330 e. The number of sulfonamides is 1. The maximum absolute atomic E-state index is 12.8. The van der Waals surface area contributed by atoms with Gasteiger partial charge >= 0.3 is 0 Å². The summed E-state index contributed by atoms with van der Waals surface area (Å²) in [5, 5.41) is 0. The zero-order valence-electron chi connectivity index (χ0n) is 10.7. The van der Waals surface area contributed by atoms with E-state index in [-0.39, 0.29) is 23.5 Å². The fourth-order valence-corrected chi connectivity index (χ4v) is 4.03. The molecule has 0 aromatic heterocycles. The average molecular weight is 286 g/mol. The van der Waals surface area contributed by atoms with E-state index in [1.807, 2.05) is 0 Å². The molecule has 2 unspecified atom stereocenters. The first-order chi connectivity index (χ1) is 9.00. The van der Waals surface area contributed by atoms with Crippen LogP contribution >= 0.6 is 0 Å². The summed E-state index contributed by atoms with van der Waals surface area (Å²) < 4.78 is 39.6. The van der Waals surface area contributed by atoms with Crippen molar-refractivity contribution < 1.29 is 12.8 Å². The average Bonchev–Trinajstić information content (AvgIpc) is 2.78. The zero-order valence-corrected chi connectivity index (χ0v) is 11.5. The second kappa shape index (κ2) is 5.98. The van der Waals surface area contributed by atoms with Crippen LogP contribution in [-0.2, 0) is 15.8 Å². The summed E-state index contributed by atoms with van der Waals surface area (Å²) in [6.07, 6.45) is 2.82. The maximum atomic E-state index is 12.8. The highest BCUT2D eigenvalue weighted by atomic mass is 32.2. The second-order valence-electron chi connectivity index (χ2n) is 5.04. The molecule has 1 aliphatic carbocycles. The zero-order chi connectivity index (χ0) is 13.9. The molecular formula is C13H19FN2O2S. The standard InChI is InChI=1S/C13H19FN2O2S/c14-12-6-4-10(5-7-12)9-19(17,18)16-13-3-1-2-11(13)8-15/h4-7,11,13,16H,1-3,8-9,15H2. The van der Waals surface area contributed by atoms with Gasteiger partial charge in [-0.15, -0.1) is 0 Å². The van der Waals surface area contributed by atoms with Gasteiger partial charge < -0.3 is 5.73 Å². The third kappa shape index (κ3) is 3.99. The van der Waals surface area contributed by atoms with Crippen LogP contribution < -0.4 is 10.5 Å². The lowest BCUT2D eigenvalue weighted by molar-refractivity contribution is 0.452. The predicted octanol–water partition coefficient (Wildman–Crippen LogP) is 1.37. The van der Waals surface area contributed by atoms with Gasteiger partial charge in [0, 0.05) is 6.04 Å². The number of rotatable bonds is 5. The van der Waals surface area contributed by atoms with Crippen molar-refractivity contribution in [2.24, 2.45) is 11.7 Å². The molecule has 0 aliphatic heterocycles. The van der Waals surface area contributed by atoms with Gasteiger partial charge in [0.15, 0.2) is 0 Å². The van der Waals surface area contributed by atoms with Crippen molar-refractivity contribution in [3.63, 3.8) is 0 Å². The van der Waals surface area contributed by atoms with Gasteiger partial charge in [0.1, 0.15) is 5.82 Å². The topological polar surface area (TPSA) is 72.2 Å². The van der Waals surface area contributed by atoms with E-state index in [2.05, 4.69) is 4.72 Å². The molecule has 0 bridgehead atoms. The Morgan fingerprint density at radius 3 is 2.58 bits per heavy atom. The van der Waals surface area contributed by atoms with Crippen LogP contribution in [0.2, 0.25) is 0 Å². The highest BCUT2D eigenvalue weighted by molar-refractivity contribution is 7.88. The van der Waals surface area contributed by atoms with Crippen molar-refractivity contribution in [2.75, 3.05) is 6.54 Å². The Labute approximate surface area is 113 Å². The Bertz CT molecular complexity index is 516. The summed E-state index contributed by atoms with van der Waals surface area (Å²) >= 11 is 0. The minimum absolute atomic E-state index is 0.0598. The van der Waals surface area contributed by atoms with Gasteiger partial charge in [0.2, 0.25) is 10.0 Å².